The zero-order chi connectivity index (χ0) is 9.59. The van der Waals surface area contributed by atoms with Crippen LogP contribution >= 0.6 is 0 Å². The third-order valence-electron chi connectivity index (χ3n) is 3.50. The minimum Gasteiger partial charge on any atom is -0.478 e. The SMILES string of the molecule is CC(C)C1C(C(=O)O)=C2CC[C@H]1C2. The van der Waals surface area contributed by atoms with Crippen LogP contribution in [0.1, 0.15) is 33.1 Å². The van der Waals surface area contributed by atoms with Gasteiger partial charge in [-0.05, 0) is 37.0 Å². The van der Waals surface area contributed by atoms with Crippen molar-refractivity contribution >= 4 is 5.97 Å². The average molecular weight is 180 g/mol. The highest BCUT2D eigenvalue weighted by molar-refractivity contribution is 5.89. The van der Waals surface area contributed by atoms with Crippen molar-refractivity contribution in [2.75, 3.05) is 0 Å². The summed E-state index contributed by atoms with van der Waals surface area (Å²) < 4.78 is 0. The number of hydrogen-bond donors (Lipinski definition) is 1. The van der Waals surface area contributed by atoms with E-state index in [4.69, 9.17) is 5.11 Å². The van der Waals surface area contributed by atoms with Gasteiger partial charge in [-0.15, -0.1) is 0 Å². The van der Waals surface area contributed by atoms with Crippen molar-refractivity contribution in [2.45, 2.75) is 33.1 Å². The molecule has 2 aliphatic carbocycles. The van der Waals surface area contributed by atoms with E-state index in [-0.39, 0.29) is 0 Å². The first-order chi connectivity index (χ1) is 6.11. The number of carboxylic acids is 1. The third-order valence-corrected chi connectivity index (χ3v) is 3.50. The fourth-order valence-electron chi connectivity index (χ4n) is 3.07. The molecule has 1 fully saturated rings. The Hall–Kier alpha value is -0.790. The van der Waals surface area contributed by atoms with Crippen molar-refractivity contribution in [3.63, 3.8) is 0 Å². The molecule has 1 saturated carbocycles. The average Bonchev–Trinajstić information content (AvgIpc) is 2.60. The molecule has 2 aliphatic rings. The molecule has 72 valence electrons. The first-order valence-electron chi connectivity index (χ1n) is 5.06. The summed E-state index contributed by atoms with van der Waals surface area (Å²) in [5.41, 5.74) is 1.99. The lowest BCUT2D eigenvalue weighted by molar-refractivity contribution is -0.133. The van der Waals surface area contributed by atoms with Crippen LogP contribution in [0.2, 0.25) is 0 Å². The van der Waals surface area contributed by atoms with Crippen molar-refractivity contribution in [1.29, 1.82) is 0 Å². The van der Waals surface area contributed by atoms with E-state index in [0.717, 1.165) is 18.4 Å². The molecule has 0 aromatic heterocycles. The first-order valence-corrected chi connectivity index (χ1v) is 5.06. The van der Waals surface area contributed by atoms with Gasteiger partial charge < -0.3 is 5.11 Å². The van der Waals surface area contributed by atoms with Crippen LogP contribution in [0.25, 0.3) is 0 Å². The Morgan fingerprint density at radius 1 is 1.54 bits per heavy atom. The van der Waals surface area contributed by atoms with Crippen LogP contribution in [0.5, 0.6) is 0 Å². The van der Waals surface area contributed by atoms with Crippen LogP contribution in [-0.4, -0.2) is 11.1 Å². The molecule has 0 saturated heterocycles. The van der Waals surface area contributed by atoms with Crippen LogP contribution in [0.4, 0.5) is 0 Å². The Morgan fingerprint density at radius 2 is 2.23 bits per heavy atom. The lowest BCUT2D eigenvalue weighted by Gasteiger charge is -2.25. The summed E-state index contributed by atoms with van der Waals surface area (Å²) in [6.07, 6.45) is 3.31. The summed E-state index contributed by atoms with van der Waals surface area (Å²) in [5.74, 6) is 0.784. The maximum atomic E-state index is 11.0. The third kappa shape index (κ3) is 1.19. The molecule has 1 N–H and O–H groups in total. The maximum absolute atomic E-state index is 11.0. The molecule has 2 heteroatoms. The van der Waals surface area contributed by atoms with Gasteiger partial charge in [0.2, 0.25) is 0 Å². The van der Waals surface area contributed by atoms with Crippen molar-refractivity contribution in [1.82, 2.24) is 0 Å². The number of carboxylic acid groups (broad SMARTS) is 1. The smallest absolute Gasteiger partial charge is 0.331 e. The second-order valence-corrected chi connectivity index (χ2v) is 4.60. The van der Waals surface area contributed by atoms with E-state index in [1.54, 1.807) is 0 Å². The highest BCUT2D eigenvalue weighted by Crippen LogP contribution is 2.50. The molecule has 13 heavy (non-hydrogen) atoms. The number of allylic oxidation sites excluding steroid dienone is 1. The Bertz CT molecular complexity index is 276. The van der Waals surface area contributed by atoms with Crippen LogP contribution in [0, 0.1) is 17.8 Å². The monoisotopic (exact) mass is 180 g/mol. The van der Waals surface area contributed by atoms with Gasteiger partial charge in [0, 0.05) is 5.57 Å². The predicted octanol–water partition coefficient (Wildman–Crippen LogP) is 2.45. The molecule has 2 rings (SSSR count). The van der Waals surface area contributed by atoms with E-state index >= 15 is 0 Å². The van der Waals surface area contributed by atoms with Gasteiger partial charge in [-0.25, -0.2) is 4.79 Å². The Balaban J connectivity index is 2.35. The number of hydrogen-bond acceptors (Lipinski definition) is 1. The second kappa shape index (κ2) is 2.86. The van der Waals surface area contributed by atoms with Crippen molar-refractivity contribution in [3.8, 4) is 0 Å². The Morgan fingerprint density at radius 3 is 2.69 bits per heavy atom. The molecule has 0 aliphatic heterocycles. The van der Waals surface area contributed by atoms with Gasteiger partial charge in [0.05, 0.1) is 0 Å². The Kier molecular flexibility index (Phi) is 1.94. The molecule has 0 aromatic carbocycles. The Labute approximate surface area is 78.6 Å². The lowest BCUT2D eigenvalue weighted by atomic mass is 9.79. The van der Waals surface area contributed by atoms with Crippen molar-refractivity contribution < 1.29 is 9.90 Å². The summed E-state index contributed by atoms with van der Waals surface area (Å²) in [6.45, 7) is 4.27. The number of aliphatic carboxylic acids is 1. The van der Waals surface area contributed by atoms with Gasteiger partial charge in [-0.2, -0.15) is 0 Å². The molecule has 0 spiro atoms. The van der Waals surface area contributed by atoms with Gasteiger partial charge >= 0.3 is 5.97 Å². The van der Waals surface area contributed by atoms with E-state index in [1.165, 1.54) is 12.0 Å². The molecule has 0 amide bonds. The molecule has 0 aromatic rings. The zero-order valence-electron chi connectivity index (χ0n) is 8.21. The molecule has 0 radical (unpaired) electrons. The van der Waals surface area contributed by atoms with E-state index < -0.39 is 5.97 Å². The van der Waals surface area contributed by atoms with Crippen LogP contribution < -0.4 is 0 Å². The van der Waals surface area contributed by atoms with Gasteiger partial charge in [-0.3, -0.25) is 0 Å². The summed E-state index contributed by atoms with van der Waals surface area (Å²) in [7, 11) is 0. The number of rotatable bonds is 2. The van der Waals surface area contributed by atoms with Crippen molar-refractivity contribution in [3.05, 3.63) is 11.1 Å². The highest BCUT2D eigenvalue weighted by Gasteiger charge is 2.43. The first kappa shape index (κ1) is 8.79. The summed E-state index contributed by atoms with van der Waals surface area (Å²) in [4.78, 5) is 11.0. The molecule has 2 bridgehead atoms. The predicted molar refractivity (Wildman–Crippen MR) is 50.3 cm³/mol. The maximum Gasteiger partial charge on any atom is 0.331 e. The summed E-state index contributed by atoms with van der Waals surface area (Å²) in [5, 5.41) is 9.10. The fourth-order valence-corrected chi connectivity index (χ4v) is 3.07. The molecule has 2 atom stereocenters. The zero-order valence-corrected chi connectivity index (χ0v) is 8.21. The van der Waals surface area contributed by atoms with Gasteiger partial charge in [-0.1, -0.05) is 19.4 Å². The minimum absolute atomic E-state index is 0.334. The van der Waals surface area contributed by atoms with Crippen LogP contribution in [0.3, 0.4) is 0 Å². The molecule has 0 heterocycles. The quantitative estimate of drug-likeness (QED) is 0.708. The van der Waals surface area contributed by atoms with E-state index in [2.05, 4.69) is 13.8 Å². The van der Waals surface area contributed by atoms with E-state index in [9.17, 15) is 4.79 Å². The molecule has 1 unspecified atom stereocenters. The number of fused-ring (bicyclic) bond motifs is 2. The van der Waals surface area contributed by atoms with E-state index in [1.807, 2.05) is 0 Å². The number of carbonyl (C=O) groups is 1. The van der Waals surface area contributed by atoms with E-state index in [0.29, 0.717) is 17.8 Å². The summed E-state index contributed by atoms with van der Waals surface area (Å²) in [6, 6.07) is 0. The highest BCUT2D eigenvalue weighted by atomic mass is 16.4. The summed E-state index contributed by atoms with van der Waals surface area (Å²) >= 11 is 0. The topological polar surface area (TPSA) is 37.3 Å². The van der Waals surface area contributed by atoms with Gasteiger partial charge in [0.1, 0.15) is 0 Å². The lowest BCUT2D eigenvalue weighted by Crippen LogP contribution is -2.23. The van der Waals surface area contributed by atoms with Crippen LogP contribution in [-0.2, 0) is 4.79 Å². The minimum atomic E-state index is -0.670. The molecule has 2 nitrogen and oxygen atoms in total. The van der Waals surface area contributed by atoms with Crippen LogP contribution in [0.15, 0.2) is 11.1 Å². The van der Waals surface area contributed by atoms with Gasteiger partial charge in [0.25, 0.3) is 0 Å². The standard InChI is InChI=1S/C11H16O2/c1-6(2)9-7-3-4-8(5-7)10(9)11(12)13/h6-7,9H,3-5H2,1-2H3,(H,12,13)/t7-,9?/m0/s1. The molecular weight excluding hydrogens is 164 g/mol. The molecular formula is C11H16O2. The fraction of sp³-hybridized carbons (Fsp3) is 0.727. The van der Waals surface area contributed by atoms with Crippen molar-refractivity contribution in [2.24, 2.45) is 17.8 Å². The normalized spacial score (nSPS) is 31.9. The second-order valence-electron chi connectivity index (χ2n) is 4.60. The largest absolute Gasteiger partial charge is 0.478 e. The van der Waals surface area contributed by atoms with Gasteiger partial charge in [0.15, 0.2) is 0 Å².